The smallest absolute Gasteiger partial charge is 0.265 e. The number of nitrogens with zero attached hydrogens (tertiary/aromatic N) is 2. The fourth-order valence-corrected chi connectivity index (χ4v) is 3.75. The zero-order chi connectivity index (χ0) is 13.1. The van der Waals surface area contributed by atoms with Crippen LogP contribution >= 0.6 is 34.9 Å². The Bertz CT molecular complexity index is 545. The van der Waals surface area contributed by atoms with Crippen LogP contribution in [0.25, 0.3) is 0 Å². The summed E-state index contributed by atoms with van der Waals surface area (Å²) in [6, 6.07) is 4.48. The zero-order valence-corrected chi connectivity index (χ0v) is 11.7. The normalized spacial score (nSPS) is 11.1. The molecular formula is C10H9F2N3S3. The number of hydrogen-bond donors (Lipinski definition) is 1. The Morgan fingerprint density at radius 2 is 2.00 bits per heavy atom. The molecule has 96 valence electrons. The average molecular weight is 305 g/mol. The van der Waals surface area contributed by atoms with Gasteiger partial charge in [-0.15, -0.1) is 10.2 Å². The molecular weight excluding hydrogens is 296 g/mol. The van der Waals surface area contributed by atoms with E-state index in [1.54, 1.807) is 12.1 Å². The first-order chi connectivity index (χ1) is 8.60. The number of nitrogen functional groups attached to an aromatic ring is 1. The highest BCUT2D eigenvalue weighted by atomic mass is 32.2. The van der Waals surface area contributed by atoms with Crippen LogP contribution in [0.3, 0.4) is 0 Å². The van der Waals surface area contributed by atoms with E-state index < -0.39 is 6.43 Å². The minimum Gasteiger partial charge on any atom is -0.399 e. The molecule has 0 bridgehead atoms. The van der Waals surface area contributed by atoms with Crippen LogP contribution in [0.5, 0.6) is 0 Å². The van der Waals surface area contributed by atoms with Gasteiger partial charge in [0.25, 0.3) is 6.43 Å². The molecule has 0 amide bonds. The van der Waals surface area contributed by atoms with E-state index in [9.17, 15) is 8.78 Å². The first-order valence-corrected chi connectivity index (χ1v) is 7.69. The third-order valence-corrected chi connectivity index (χ3v) is 5.07. The summed E-state index contributed by atoms with van der Waals surface area (Å²) in [4.78, 5) is 0.461. The second-order valence-corrected chi connectivity index (χ2v) is 6.56. The molecule has 3 nitrogen and oxygen atoms in total. The molecule has 8 heteroatoms. The van der Waals surface area contributed by atoms with Gasteiger partial charge < -0.3 is 5.73 Å². The summed E-state index contributed by atoms with van der Waals surface area (Å²) in [6.07, 6.45) is -0.660. The molecule has 0 saturated carbocycles. The maximum Gasteiger partial charge on any atom is 0.265 e. The van der Waals surface area contributed by atoms with E-state index >= 15 is 0 Å². The van der Waals surface area contributed by atoms with Crippen molar-refractivity contribution in [1.82, 2.24) is 10.2 Å². The fraction of sp³-hybridized carbons (Fsp3) is 0.200. The minimum atomic E-state index is -2.55. The van der Waals surface area contributed by atoms with E-state index in [0.29, 0.717) is 14.9 Å². The zero-order valence-electron chi connectivity index (χ0n) is 9.26. The van der Waals surface area contributed by atoms with Gasteiger partial charge in [-0.25, -0.2) is 8.78 Å². The number of halogens is 2. The number of aromatic nitrogens is 2. The van der Waals surface area contributed by atoms with E-state index in [1.807, 2.05) is 6.26 Å². The number of hydrogen-bond acceptors (Lipinski definition) is 6. The Balaban J connectivity index is 2.28. The molecule has 18 heavy (non-hydrogen) atoms. The Kier molecular flexibility index (Phi) is 4.41. The van der Waals surface area contributed by atoms with E-state index in [-0.39, 0.29) is 5.56 Å². The van der Waals surface area contributed by atoms with Crippen molar-refractivity contribution < 1.29 is 8.78 Å². The standard InChI is InChI=1S/C10H9F2N3S3/c1-16-9-14-15-10(18-9)17-7-3-2-5(13)4-6(7)8(11)12/h2-4,8H,13H2,1H3. The molecule has 2 N–H and O–H groups in total. The molecule has 0 aliphatic carbocycles. The van der Waals surface area contributed by atoms with Crippen LogP contribution in [-0.4, -0.2) is 16.5 Å². The van der Waals surface area contributed by atoms with Crippen LogP contribution in [0.1, 0.15) is 12.0 Å². The predicted molar refractivity (Wildman–Crippen MR) is 71.6 cm³/mol. The lowest BCUT2D eigenvalue weighted by Gasteiger charge is -2.07. The molecule has 1 heterocycles. The monoisotopic (exact) mass is 305 g/mol. The molecule has 0 aliphatic heterocycles. The van der Waals surface area contributed by atoms with Crippen LogP contribution in [0.2, 0.25) is 0 Å². The molecule has 0 unspecified atom stereocenters. The Labute approximate surface area is 115 Å². The van der Waals surface area contributed by atoms with Crippen LogP contribution in [-0.2, 0) is 0 Å². The molecule has 2 rings (SSSR count). The van der Waals surface area contributed by atoms with Crippen molar-refractivity contribution in [2.45, 2.75) is 20.0 Å². The fourth-order valence-electron chi connectivity index (χ4n) is 1.25. The number of alkyl halides is 2. The number of benzene rings is 1. The first kappa shape index (κ1) is 13.6. The summed E-state index contributed by atoms with van der Waals surface area (Å²) >= 11 is 4.04. The van der Waals surface area contributed by atoms with Gasteiger partial charge in [-0.2, -0.15) is 0 Å². The second-order valence-electron chi connectivity index (χ2n) is 3.24. The van der Waals surface area contributed by atoms with Gasteiger partial charge in [-0.05, 0) is 24.5 Å². The molecule has 0 fully saturated rings. The van der Waals surface area contributed by atoms with Gasteiger partial charge in [0, 0.05) is 16.1 Å². The molecule has 1 aromatic heterocycles. The molecule has 1 aromatic carbocycles. The quantitative estimate of drug-likeness (QED) is 0.685. The molecule has 0 radical (unpaired) electrons. The number of anilines is 1. The Morgan fingerprint density at radius 1 is 1.28 bits per heavy atom. The third-order valence-electron chi connectivity index (χ3n) is 2.03. The topological polar surface area (TPSA) is 51.8 Å². The van der Waals surface area contributed by atoms with Crippen molar-refractivity contribution in [3.8, 4) is 0 Å². The maximum absolute atomic E-state index is 12.9. The Morgan fingerprint density at radius 3 is 2.61 bits per heavy atom. The van der Waals surface area contributed by atoms with E-state index in [1.165, 1.54) is 40.9 Å². The van der Waals surface area contributed by atoms with Gasteiger partial charge in [-0.3, -0.25) is 0 Å². The molecule has 0 saturated heterocycles. The van der Waals surface area contributed by atoms with Crippen molar-refractivity contribution in [1.29, 1.82) is 0 Å². The largest absolute Gasteiger partial charge is 0.399 e. The molecule has 2 aromatic rings. The average Bonchev–Trinajstić information content (AvgIpc) is 2.79. The van der Waals surface area contributed by atoms with Crippen LogP contribution in [0, 0.1) is 0 Å². The Hall–Kier alpha value is -0.860. The first-order valence-electron chi connectivity index (χ1n) is 4.83. The lowest BCUT2D eigenvalue weighted by Crippen LogP contribution is -1.92. The van der Waals surface area contributed by atoms with Crippen LogP contribution in [0.15, 0.2) is 31.8 Å². The lowest BCUT2D eigenvalue weighted by molar-refractivity contribution is 0.148. The summed E-state index contributed by atoms with van der Waals surface area (Å²) in [5, 5.41) is 7.86. The van der Waals surface area contributed by atoms with Crippen molar-refractivity contribution in [2.75, 3.05) is 12.0 Å². The summed E-state index contributed by atoms with van der Waals surface area (Å²) in [6.45, 7) is 0. The summed E-state index contributed by atoms with van der Waals surface area (Å²) < 4.78 is 27.2. The van der Waals surface area contributed by atoms with Crippen LogP contribution < -0.4 is 5.73 Å². The molecule has 0 spiro atoms. The van der Waals surface area contributed by atoms with Gasteiger partial charge >= 0.3 is 0 Å². The van der Waals surface area contributed by atoms with E-state index in [2.05, 4.69) is 10.2 Å². The molecule has 0 aliphatic rings. The summed E-state index contributed by atoms with van der Waals surface area (Å²) in [7, 11) is 0. The second kappa shape index (κ2) is 5.85. The van der Waals surface area contributed by atoms with E-state index in [4.69, 9.17) is 5.73 Å². The van der Waals surface area contributed by atoms with Crippen molar-refractivity contribution in [3.05, 3.63) is 23.8 Å². The third kappa shape index (κ3) is 3.12. The SMILES string of the molecule is CSc1nnc(Sc2ccc(N)cc2C(F)F)s1. The minimum absolute atomic E-state index is 0.0686. The van der Waals surface area contributed by atoms with Crippen LogP contribution in [0.4, 0.5) is 14.5 Å². The maximum atomic E-state index is 12.9. The van der Waals surface area contributed by atoms with Gasteiger partial charge in [0.05, 0.1) is 0 Å². The number of thioether (sulfide) groups is 1. The van der Waals surface area contributed by atoms with Crippen molar-refractivity contribution in [3.63, 3.8) is 0 Å². The van der Waals surface area contributed by atoms with Gasteiger partial charge in [-0.1, -0.05) is 34.9 Å². The number of nitrogens with two attached hydrogens (primary N) is 1. The molecule has 0 atom stereocenters. The van der Waals surface area contributed by atoms with Gasteiger partial charge in [0.1, 0.15) is 0 Å². The highest BCUT2D eigenvalue weighted by Crippen LogP contribution is 2.38. The summed E-state index contributed by atoms with van der Waals surface area (Å²) in [5.74, 6) is 0. The summed E-state index contributed by atoms with van der Waals surface area (Å²) in [5.41, 5.74) is 5.77. The highest BCUT2D eigenvalue weighted by molar-refractivity contribution is 8.03. The van der Waals surface area contributed by atoms with Gasteiger partial charge in [0.15, 0.2) is 8.68 Å². The van der Waals surface area contributed by atoms with Crippen molar-refractivity contribution in [2.24, 2.45) is 0 Å². The lowest BCUT2D eigenvalue weighted by atomic mass is 10.2. The van der Waals surface area contributed by atoms with Gasteiger partial charge in [0.2, 0.25) is 0 Å². The van der Waals surface area contributed by atoms with E-state index in [0.717, 1.165) is 4.34 Å². The highest BCUT2D eigenvalue weighted by Gasteiger charge is 2.16. The predicted octanol–water partition coefficient (Wildman–Crippen LogP) is 3.93. The number of rotatable bonds is 4. The van der Waals surface area contributed by atoms with Crippen molar-refractivity contribution >= 4 is 40.5 Å².